The largest absolute Gasteiger partial charge is 0.493 e. The molecule has 4 aromatic rings. The van der Waals surface area contributed by atoms with Crippen LogP contribution >= 0.6 is 11.8 Å². The van der Waals surface area contributed by atoms with Gasteiger partial charge in [-0.1, -0.05) is 68.1 Å². The molecule has 0 aliphatic carbocycles. The van der Waals surface area contributed by atoms with E-state index >= 15 is 0 Å². The molecule has 178 valence electrons. The number of thioether (sulfide) groups is 1. The highest BCUT2D eigenvalue weighted by Crippen LogP contribution is 2.42. The van der Waals surface area contributed by atoms with Crippen molar-refractivity contribution >= 4 is 34.1 Å². The number of rotatable bonds is 6. The lowest BCUT2D eigenvalue weighted by Crippen LogP contribution is -2.61. The molecule has 2 heterocycles. The minimum atomic E-state index is -0.696. The maximum Gasteiger partial charge on any atom is 0.325 e. The zero-order chi connectivity index (χ0) is 24.5. The first-order valence-corrected chi connectivity index (χ1v) is 12.8. The predicted molar refractivity (Wildman–Crippen MR) is 138 cm³/mol. The van der Waals surface area contributed by atoms with Gasteiger partial charge in [0.25, 0.3) is 6.17 Å². The second kappa shape index (κ2) is 9.54. The molecule has 0 saturated carbocycles. The highest BCUT2D eigenvalue weighted by atomic mass is 32.2. The smallest absolute Gasteiger partial charge is 0.325 e. The van der Waals surface area contributed by atoms with Crippen LogP contribution in [0.3, 0.4) is 0 Å². The van der Waals surface area contributed by atoms with Crippen molar-refractivity contribution in [3.63, 3.8) is 0 Å². The summed E-state index contributed by atoms with van der Waals surface area (Å²) in [4.78, 5) is 31.7. The van der Waals surface area contributed by atoms with E-state index in [1.165, 1.54) is 11.8 Å². The van der Waals surface area contributed by atoms with Crippen LogP contribution < -0.4 is 19.9 Å². The second-order valence-electron chi connectivity index (χ2n) is 8.13. The quantitative estimate of drug-likeness (QED) is 0.315. The number of para-hydroxylation sites is 1. The van der Waals surface area contributed by atoms with Gasteiger partial charge >= 0.3 is 11.3 Å². The lowest BCUT2D eigenvalue weighted by molar-refractivity contribution is -0.763. The Balaban J connectivity index is 1.93. The Kier molecular flexibility index (Phi) is 6.30. The van der Waals surface area contributed by atoms with Crippen LogP contribution in [0.2, 0.25) is 0 Å². The summed E-state index contributed by atoms with van der Waals surface area (Å²) >= 11 is 1.45. The fourth-order valence-electron chi connectivity index (χ4n) is 4.70. The minimum Gasteiger partial charge on any atom is -0.493 e. The average Bonchev–Trinajstić information content (AvgIpc) is 2.87. The number of aromatic nitrogens is 3. The second-order valence-corrected chi connectivity index (χ2v) is 9.38. The number of hydrogen-bond acceptors (Lipinski definition) is 5. The van der Waals surface area contributed by atoms with Gasteiger partial charge in [-0.05, 0) is 46.3 Å². The standard InChI is InChI=1S/C27H26N4O3S/c1-4-22(32)30-20-14-10-9-13-19(20)24-25(33)28-27(35-6-3)29-31(24)26(30)23-18-12-8-7-11-17(18)15-16-21(23)34-5-2/h7-16,26H,4-6H2,1-3H3/p+1. The first-order chi connectivity index (χ1) is 17.1. The minimum absolute atomic E-state index is 0.0669. The van der Waals surface area contributed by atoms with Crippen molar-refractivity contribution in [2.45, 2.75) is 38.5 Å². The van der Waals surface area contributed by atoms with Gasteiger partial charge in [0.1, 0.15) is 5.75 Å². The van der Waals surface area contributed by atoms with Gasteiger partial charge in [-0.3, -0.25) is 14.6 Å². The molecular formula is C27H27N4O3S+. The van der Waals surface area contributed by atoms with Crippen molar-refractivity contribution in [2.24, 2.45) is 0 Å². The lowest BCUT2D eigenvalue weighted by Gasteiger charge is -2.33. The van der Waals surface area contributed by atoms with Crippen LogP contribution in [0.25, 0.3) is 22.0 Å². The molecule has 1 aliphatic heterocycles. The number of nitrogens with zero attached hydrogens (tertiary/aromatic N) is 3. The van der Waals surface area contributed by atoms with Gasteiger partial charge in [0.15, 0.2) is 0 Å². The van der Waals surface area contributed by atoms with Crippen molar-refractivity contribution in [3.05, 3.63) is 76.6 Å². The number of amides is 1. The van der Waals surface area contributed by atoms with Crippen LogP contribution in [0.15, 0.2) is 70.6 Å². The van der Waals surface area contributed by atoms with E-state index in [1.807, 2.05) is 81.4 Å². The molecule has 3 aromatic carbocycles. The Labute approximate surface area is 207 Å². The van der Waals surface area contributed by atoms with Gasteiger partial charge in [0, 0.05) is 11.5 Å². The van der Waals surface area contributed by atoms with Crippen molar-refractivity contribution in [1.29, 1.82) is 0 Å². The van der Waals surface area contributed by atoms with Gasteiger partial charge in [0.05, 0.1) is 23.4 Å². The number of hydrogen-bond donors (Lipinski definition) is 1. The van der Waals surface area contributed by atoms with Gasteiger partial charge in [-0.25, -0.2) is 4.90 Å². The van der Waals surface area contributed by atoms with E-state index in [9.17, 15) is 9.59 Å². The number of carbonyl (C=O) groups excluding carboxylic acids is 1. The third-order valence-corrected chi connectivity index (χ3v) is 6.84. The maximum atomic E-state index is 13.6. The molecule has 7 nitrogen and oxygen atoms in total. The number of ether oxygens (including phenoxy) is 1. The molecular weight excluding hydrogens is 460 g/mol. The molecule has 1 aliphatic rings. The third kappa shape index (κ3) is 3.87. The molecule has 0 fully saturated rings. The van der Waals surface area contributed by atoms with Crippen molar-refractivity contribution in [1.82, 2.24) is 10.1 Å². The van der Waals surface area contributed by atoms with E-state index in [1.54, 1.807) is 9.58 Å². The van der Waals surface area contributed by atoms with E-state index in [0.717, 1.165) is 22.1 Å². The summed E-state index contributed by atoms with van der Waals surface area (Å²) < 4.78 is 7.81. The van der Waals surface area contributed by atoms with Crippen LogP contribution in [0.4, 0.5) is 5.69 Å². The van der Waals surface area contributed by atoms with E-state index in [0.29, 0.717) is 40.9 Å². The van der Waals surface area contributed by atoms with Crippen LogP contribution in [-0.4, -0.2) is 28.3 Å². The Bertz CT molecular complexity index is 1480. The summed E-state index contributed by atoms with van der Waals surface area (Å²) in [5.74, 6) is 1.34. The Hall–Kier alpha value is -3.65. The number of nitrogens with one attached hydrogen (secondary N) is 1. The molecule has 0 saturated heterocycles. The molecule has 0 spiro atoms. The number of aromatic amines is 1. The number of H-pyrrole nitrogens is 1. The van der Waals surface area contributed by atoms with Gasteiger partial charge < -0.3 is 4.74 Å². The van der Waals surface area contributed by atoms with Gasteiger partial charge in [-0.15, -0.1) is 0 Å². The topological polar surface area (TPSA) is 79.2 Å². The van der Waals surface area contributed by atoms with Crippen molar-refractivity contribution in [3.8, 4) is 17.0 Å². The van der Waals surface area contributed by atoms with E-state index in [4.69, 9.17) is 9.84 Å². The van der Waals surface area contributed by atoms with E-state index in [2.05, 4.69) is 4.98 Å². The Morgan fingerprint density at radius 3 is 2.63 bits per heavy atom. The van der Waals surface area contributed by atoms with Gasteiger partial charge in [-0.2, -0.15) is 0 Å². The molecule has 5 rings (SSSR count). The summed E-state index contributed by atoms with van der Waals surface area (Å²) in [5, 5.41) is 7.34. The Morgan fingerprint density at radius 1 is 1.09 bits per heavy atom. The average molecular weight is 488 g/mol. The van der Waals surface area contributed by atoms with E-state index < -0.39 is 6.17 Å². The first-order valence-electron chi connectivity index (χ1n) is 11.8. The van der Waals surface area contributed by atoms with Crippen molar-refractivity contribution < 1.29 is 14.2 Å². The van der Waals surface area contributed by atoms with E-state index in [-0.39, 0.29) is 11.5 Å². The summed E-state index contributed by atoms with van der Waals surface area (Å²) in [5.41, 5.74) is 2.34. The molecule has 1 unspecified atom stereocenters. The Morgan fingerprint density at radius 2 is 1.86 bits per heavy atom. The molecule has 35 heavy (non-hydrogen) atoms. The number of anilines is 1. The summed E-state index contributed by atoms with van der Waals surface area (Å²) in [6.45, 7) is 6.25. The molecule has 0 radical (unpaired) electrons. The summed E-state index contributed by atoms with van der Waals surface area (Å²) in [6.07, 6.45) is -0.395. The monoisotopic (exact) mass is 487 g/mol. The number of carbonyl (C=O) groups is 1. The zero-order valence-electron chi connectivity index (χ0n) is 19.9. The highest BCUT2D eigenvalue weighted by Gasteiger charge is 2.47. The highest BCUT2D eigenvalue weighted by molar-refractivity contribution is 7.99. The fourth-order valence-corrected chi connectivity index (χ4v) is 5.28. The molecule has 1 N–H and O–H groups in total. The van der Waals surface area contributed by atoms with Crippen LogP contribution in [0, 0.1) is 0 Å². The number of benzene rings is 3. The van der Waals surface area contributed by atoms with Crippen LogP contribution in [0.5, 0.6) is 5.75 Å². The summed E-state index contributed by atoms with van der Waals surface area (Å²) in [7, 11) is 0. The molecule has 1 amide bonds. The molecule has 1 aromatic heterocycles. The maximum absolute atomic E-state index is 13.6. The first kappa shape index (κ1) is 23.1. The van der Waals surface area contributed by atoms with Crippen LogP contribution in [0.1, 0.15) is 38.9 Å². The van der Waals surface area contributed by atoms with Crippen LogP contribution in [-0.2, 0) is 4.79 Å². The SMILES string of the molecule is CCOc1ccc2ccccc2c1C1N(C(=O)CC)c2ccccc2-c2c(=O)[nH]c(SCC)n[n+]21. The van der Waals surface area contributed by atoms with Crippen molar-refractivity contribution in [2.75, 3.05) is 17.3 Å². The predicted octanol–water partition coefficient (Wildman–Crippen LogP) is 4.69. The lowest BCUT2D eigenvalue weighted by atomic mass is 9.96. The fraction of sp³-hybridized carbons (Fsp3) is 0.259. The normalized spacial score (nSPS) is 14.5. The molecule has 8 heteroatoms. The third-order valence-electron chi connectivity index (χ3n) is 6.10. The summed E-state index contributed by atoms with van der Waals surface area (Å²) in [6, 6.07) is 19.5. The number of fused-ring (bicyclic) bond motifs is 4. The zero-order valence-corrected chi connectivity index (χ0v) is 20.8. The molecule has 0 bridgehead atoms. The molecule has 1 atom stereocenters. The van der Waals surface area contributed by atoms with Gasteiger partial charge in [0.2, 0.25) is 11.1 Å².